The summed E-state index contributed by atoms with van der Waals surface area (Å²) < 4.78 is 24.1. The molecule has 0 saturated heterocycles. The minimum Gasteiger partial charge on any atom is -0.497 e. The van der Waals surface area contributed by atoms with Crippen molar-refractivity contribution in [3.63, 3.8) is 0 Å². The van der Waals surface area contributed by atoms with E-state index >= 15 is 0 Å². The normalized spacial score (nSPS) is 12.8. The van der Waals surface area contributed by atoms with Crippen molar-refractivity contribution in [3.8, 4) is 34.1 Å². The van der Waals surface area contributed by atoms with Crippen LogP contribution in [-0.4, -0.2) is 45.3 Å². The van der Waals surface area contributed by atoms with Crippen molar-refractivity contribution in [1.29, 1.82) is 0 Å². The second-order valence-corrected chi connectivity index (χ2v) is 6.68. The summed E-state index contributed by atoms with van der Waals surface area (Å²) in [5.41, 5.74) is 5.13. The van der Waals surface area contributed by atoms with E-state index in [1.54, 1.807) is 28.4 Å². The van der Waals surface area contributed by atoms with Gasteiger partial charge in [-0.15, -0.1) is 0 Å². The Kier molecular flexibility index (Phi) is 5.16. The smallest absolute Gasteiger partial charge is 0.203 e. The number of aromatic nitrogens is 1. The standard InChI is InChI=1S/C23H24N2O4/c1-26-18-7-5-6-15(10-18)17-11-19-22(24-8-9-25(19)14-17)16-12-20(27-2)23(29-4)21(13-16)28-3/h5-7,10-14H,8-9H2,1-4H3. The second-order valence-electron chi connectivity index (χ2n) is 6.68. The number of methoxy groups -OCH3 is 4. The first kappa shape index (κ1) is 18.9. The number of hydrogen-bond acceptors (Lipinski definition) is 5. The Labute approximate surface area is 170 Å². The Balaban J connectivity index is 1.79. The molecular weight excluding hydrogens is 368 g/mol. The summed E-state index contributed by atoms with van der Waals surface area (Å²) in [6.07, 6.45) is 2.16. The van der Waals surface area contributed by atoms with E-state index in [1.807, 2.05) is 30.3 Å². The van der Waals surface area contributed by atoms with Gasteiger partial charge in [0.15, 0.2) is 11.5 Å². The molecule has 2 heterocycles. The molecule has 2 aromatic carbocycles. The van der Waals surface area contributed by atoms with E-state index in [0.717, 1.165) is 40.4 Å². The van der Waals surface area contributed by atoms with Crippen molar-refractivity contribution in [2.75, 3.05) is 35.0 Å². The van der Waals surface area contributed by atoms with Crippen LogP contribution in [0.4, 0.5) is 0 Å². The molecule has 1 aliphatic rings. The number of hydrogen-bond donors (Lipinski definition) is 0. The molecule has 0 amide bonds. The summed E-state index contributed by atoms with van der Waals surface area (Å²) in [6.45, 7) is 1.55. The molecule has 0 bridgehead atoms. The molecule has 3 aromatic rings. The molecule has 0 aliphatic carbocycles. The van der Waals surface area contributed by atoms with E-state index in [4.69, 9.17) is 23.9 Å². The van der Waals surface area contributed by atoms with Crippen molar-refractivity contribution in [2.45, 2.75) is 6.54 Å². The van der Waals surface area contributed by atoms with Crippen LogP contribution in [0.5, 0.6) is 23.0 Å². The monoisotopic (exact) mass is 392 g/mol. The van der Waals surface area contributed by atoms with E-state index in [0.29, 0.717) is 23.8 Å². The molecule has 0 spiro atoms. The van der Waals surface area contributed by atoms with E-state index in [2.05, 4.69) is 22.9 Å². The minimum atomic E-state index is 0.572. The molecule has 6 heteroatoms. The first-order valence-corrected chi connectivity index (χ1v) is 9.38. The molecule has 150 valence electrons. The van der Waals surface area contributed by atoms with Crippen molar-refractivity contribution in [3.05, 3.63) is 59.9 Å². The van der Waals surface area contributed by atoms with Crippen molar-refractivity contribution < 1.29 is 18.9 Å². The van der Waals surface area contributed by atoms with Gasteiger partial charge in [0.05, 0.1) is 46.4 Å². The van der Waals surface area contributed by atoms with Gasteiger partial charge in [0.2, 0.25) is 5.75 Å². The second kappa shape index (κ2) is 7.91. The quantitative estimate of drug-likeness (QED) is 0.635. The highest BCUT2D eigenvalue weighted by Gasteiger charge is 2.22. The topological polar surface area (TPSA) is 54.2 Å². The van der Waals surface area contributed by atoms with Gasteiger partial charge in [0.1, 0.15) is 5.75 Å². The maximum atomic E-state index is 5.52. The van der Waals surface area contributed by atoms with Gasteiger partial charge in [-0.25, -0.2) is 0 Å². The van der Waals surface area contributed by atoms with Crippen LogP contribution in [0, 0.1) is 0 Å². The van der Waals surface area contributed by atoms with Gasteiger partial charge >= 0.3 is 0 Å². The average Bonchev–Trinajstić information content (AvgIpc) is 3.22. The molecule has 0 radical (unpaired) electrons. The molecule has 0 atom stereocenters. The summed E-state index contributed by atoms with van der Waals surface area (Å²) in [5, 5.41) is 0. The maximum Gasteiger partial charge on any atom is 0.203 e. The molecular formula is C23H24N2O4. The summed E-state index contributed by atoms with van der Waals surface area (Å²) in [4.78, 5) is 4.81. The molecule has 0 saturated carbocycles. The molecule has 6 nitrogen and oxygen atoms in total. The van der Waals surface area contributed by atoms with Crippen LogP contribution in [0.3, 0.4) is 0 Å². The molecule has 0 N–H and O–H groups in total. The third-order valence-corrected chi connectivity index (χ3v) is 5.09. The molecule has 4 rings (SSSR count). The van der Waals surface area contributed by atoms with E-state index in [9.17, 15) is 0 Å². The Morgan fingerprint density at radius 3 is 2.21 bits per heavy atom. The van der Waals surface area contributed by atoms with Crippen molar-refractivity contribution >= 4 is 5.71 Å². The fourth-order valence-electron chi connectivity index (χ4n) is 3.66. The predicted molar refractivity (Wildman–Crippen MR) is 113 cm³/mol. The third-order valence-electron chi connectivity index (χ3n) is 5.09. The molecule has 1 aromatic heterocycles. The van der Waals surface area contributed by atoms with E-state index in [1.165, 1.54) is 0 Å². The van der Waals surface area contributed by atoms with Crippen LogP contribution in [-0.2, 0) is 6.54 Å². The fourth-order valence-corrected chi connectivity index (χ4v) is 3.66. The van der Waals surface area contributed by atoms with Gasteiger partial charge < -0.3 is 23.5 Å². The van der Waals surface area contributed by atoms with Crippen LogP contribution >= 0.6 is 0 Å². The zero-order valence-corrected chi connectivity index (χ0v) is 17.1. The average molecular weight is 392 g/mol. The maximum absolute atomic E-state index is 5.52. The predicted octanol–water partition coefficient (Wildman–Crippen LogP) is 4.04. The highest BCUT2D eigenvalue weighted by Crippen LogP contribution is 2.39. The summed E-state index contributed by atoms with van der Waals surface area (Å²) in [5.74, 6) is 2.63. The lowest BCUT2D eigenvalue weighted by molar-refractivity contribution is 0.324. The highest BCUT2D eigenvalue weighted by molar-refractivity contribution is 6.13. The zero-order valence-electron chi connectivity index (χ0n) is 17.1. The van der Waals surface area contributed by atoms with Crippen LogP contribution in [0.2, 0.25) is 0 Å². The highest BCUT2D eigenvalue weighted by atomic mass is 16.5. The summed E-state index contributed by atoms with van der Waals surface area (Å²) >= 11 is 0. The van der Waals surface area contributed by atoms with Gasteiger partial charge in [0.25, 0.3) is 0 Å². The summed E-state index contributed by atoms with van der Waals surface area (Å²) in [6, 6.07) is 14.1. The molecule has 1 aliphatic heterocycles. The SMILES string of the molecule is COc1cccc(-c2cc3n(c2)CCN=C3c2cc(OC)c(OC)c(OC)c2)c1. The molecule has 0 fully saturated rings. The number of nitrogens with zero attached hydrogens (tertiary/aromatic N) is 2. The van der Waals surface area contributed by atoms with Gasteiger partial charge in [0, 0.05) is 23.9 Å². The van der Waals surface area contributed by atoms with Crippen LogP contribution in [0.1, 0.15) is 11.3 Å². The van der Waals surface area contributed by atoms with Gasteiger partial charge in [-0.1, -0.05) is 12.1 Å². The minimum absolute atomic E-state index is 0.572. The number of rotatable bonds is 6. The fraction of sp³-hybridized carbons (Fsp3) is 0.261. The lowest BCUT2D eigenvalue weighted by Crippen LogP contribution is -2.18. The Morgan fingerprint density at radius 2 is 1.55 bits per heavy atom. The first-order valence-electron chi connectivity index (χ1n) is 9.38. The number of ether oxygens (including phenoxy) is 4. The van der Waals surface area contributed by atoms with Crippen LogP contribution in [0.15, 0.2) is 53.7 Å². The lowest BCUT2D eigenvalue weighted by atomic mass is 10.0. The zero-order chi connectivity index (χ0) is 20.4. The van der Waals surface area contributed by atoms with Gasteiger partial charge in [-0.2, -0.15) is 0 Å². The number of fused-ring (bicyclic) bond motifs is 1. The number of aliphatic imine (C=N–C) groups is 1. The largest absolute Gasteiger partial charge is 0.497 e. The third kappa shape index (κ3) is 3.42. The Morgan fingerprint density at radius 1 is 0.793 bits per heavy atom. The Hall–Kier alpha value is -3.41. The van der Waals surface area contributed by atoms with Gasteiger partial charge in [-0.3, -0.25) is 4.99 Å². The summed E-state index contributed by atoms with van der Waals surface area (Å²) in [7, 11) is 6.52. The van der Waals surface area contributed by atoms with Crippen molar-refractivity contribution in [1.82, 2.24) is 4.57 Å². The Bertz CT molecular complexity index is 1040. The number of benzene rings is 2. The van der Waals surface area contributed by atoms with E-state index < -0.39 is 0 Å². The van der Waals surface area contributed by atoms with Crippen LogP contribution < -0.4 is 18.9 Å². The lowest BCUT2D eigenvalue weighted by Gasteiger charge is -2.19. The van der Waals surface area contributed by atoms with Crippen molar-refractivity contribution in [2.24, 2.45) is 4.99 Å². The molecule has 29 heavy (non-hydrogen) atoms. The molecule has 0 unspecified atom stereocenters. The first-order chi connectivity index (χ1) is 14.2. The van der Waals surface area contributed by atoms with Gasteiger partial charge in [-0.05, 0) is 35.9 Å². The van der Waals surface area contributed by atoms with E-state index in [-0.39, 0.29) is 0 Å². The van der Waals surface area contributed by atoms with Crippen LogP contribution in [0.25, 0.3) is 11.1 Å².